The molecule has 29 heavy (non-hydrogen) atoms. The van der Waals surface area contributed by atoms with Gasteiger partial charge in [-0.15, -0.1) is 0 Å². The number of carboxylic acid groups (broad SMARTS) is 1. The molecule has 1 unspecified atom stereocenters. The van der Waals surface area contributed by atoms with Crippen molar-refractivity contribution in [2.75, 3.05) is 0 Å². The van der Waals surface area contributed by atoms with Gasteiger partial charge in [0.25, 0.3) is 5.56 Å². The number of nitrogens with zero attached hydrogens (tertiary/aromatic N) is 2. The molecule has 0 saturated carbocycles. The molecule has 1 atom stereocenters. The van der Waals surface area contributed by atoms with Crippen molar-refractivity contribution < 1.29 is 14.7 Å². The summed E-state index contributed by atoms with van der Waals surface area (Å²) in [6, 6.07) is 13.2. The highest BCUT2D eigenvalue weighted by atomic mass is 16.4. The Bertz CT molecular complexity index is 1230. The summed E-state index contributed by atoms with van der Waals surface area (Å²) in [5.41, 5.74) is 1.21. The number of aryl methyl sites for hydroxylation is 1. The van der Waals surface area contributed by atoms with E-state index in [0.717, 1.165) is 11.1 Å². The first-order valence-corrected chi connectivity index (χ1v) is 9.26. The number of nitrogens with one attached hydrogen (secondary N) is 1. The fraction of sp³-hybridized carbons (Fsp3) is 0.238. The molecule has 148 valence electrons. The summed E-state index contributed by atoms with van der Waals surface area (Å²) in [6.07, 6.45) is 0.195. The predicted molar refractivity (Wildman–Crippen MR) is 106 cm³/mol. The van der Waals surface area contributed by atoms with Crippen LogP contribution in [0.5, 0.6) is 0 Å². The number of rotatable bonds is 4. The molecule has 0 fully saturated rings. The number of carboxylic acids is 1. The van der Waals surface area contributed by atoms with Gasteiger partial charge in [-0.05, 0) is 23.3 Å². The summed E-state index contributed by atoms with van der Waals surface area (Å²) in [5.74, 6) is -1.41. The number of carbonyl (C=O) groups excluding carboxylic acids is 1. The van der Waals surface area contributed by atoms with Crippen LogP contribution in [0.1, 0.15) is 17.5 Å². The number of hydrogen-bond donors (Lipinski definition) is 2. The molecule has 3 aromatic rings. The Labute approximate surface area is 165 Å². The van der Waals surface area contributed by atoms with E-state index in [4.69, 9.17) is 0 Å². The van der Waals surface area contributed by atoms with Gasteiger partial charge in [0.2, 0.25) is 5.91 Å². The molecule has 8 nitrogen and oxygen atoms in total. The quantitative estimate of drug-likeness (QED) is 0.690. The van der Waals surface area contributed by atoms with Gasteiger partial charge in [0.1, 0.15) is 6.04 Å². The summed E-state index contributed by atoms with van der Waals surface area (Å²) < 4.78 is 1.34. The number of aliphatic carboxylic acids is 1. The lowest BCUT2D eigenvalue weighted by molar-refractivity contribution is -0.151. The van der Waals surface area contributed by atoms with Crippen molar-refractivity contribution in [3.05, 3.63) is 80.5 Å². The Morgan fingerprint density at radius 3 is 2.48 bits per heavy atom. The lowest BCUT2D eigenvalue weighted by Gasteiger charge is -2.34. The lowest BCUT2D eigenvalue weighted by Crippen LogP contribution is -2.49. The zero-order valence-corrected chi connectivity index (χ0v) is 15.5. The molecule has 0 aliphatic carbocycles. The van der Waals surface area contributed by atoms with Gasteiger partial charge in [-0.2, -0.15) is 0 Å². The van der Waals surface area contributed by atoms with Crippen molar-refractivity contribution in [1.82, 2.24) is 14.5 Å². The highest BCUT2D eigenvalue weighted by Gasteiger charge is 2.34. The van der Waals surface area contributed by atoms with E-state index in [1.807, 2.05) is 24.3 Å². The zero-order chi connectivity index (χ0) is 20.5. The number of H-pyrrole nitrogens is 1. The van der Waals surface area contributed by atoms with Crippen molar-refractivity contribution in [1.29, 1.82) is 0 Å². The van der Waals surface area contributed by atoms with Crippen LogP contribution in [0.3, 0.4) is 0 Å². The van der Waals surface area contributed by atoms with Gasteiger partial charge in [-0.1, -0.05) is 36.4 Å². The van der Waals surface area contributed by atoms with Crippen molar-refractivity contribution in [3.8, 4) is 0 Å². The van der Waals surface area contributed by atoms with Crippen LogP contribution in [-0.4, -0.2) is 37.5 Å². The number of hydrogen-bond acceptors (Lipinski definition) is 4. The minimum absolute atomic E-state index is 0.0411. The zero-order valence-electron chi connectivity index (χ0n) is 15.5. The Balaban J connectivity index is 1.60. The van der Waals surface area contributed by atoms with E-state index in [1.165, 1.54) is 9.47 Å². The summed E-state index contributed by atoms with van der Waals surface area (Å²) in [6.45, 7) is 0.257. The van der Waals surface area contributed by atoms with Crippen molar-refractivity contribution in [3.63, 3.8) is 0 Å². The number of carbonyl (C=O) groups is 2. The molecule has 0 saturated heterocycles. The number of aromatic nitrogens is 2. The lowest BCUT2D eigenvalue weighted by atomic mass is 9.93. The Morgan fingerprint density at radius 1 is 1.03 bits per heavy atom. The van der Waals surface area contributed by atoms with E-state index in [9.17, 15) is 24.3 Å². The van der Waals surface area contributed by atoms with E-state index < -0.39 is 23.3 Å². The molecular formula is C21H19N3O5. The Hall–Kier alpha value is -3.68. The molecule has 1 amide bonds. The standard InChI is InChI=1S/C21H19N3O5/c25-18(24-12-14-6-2-1-5-13(14)11-17(24)20(27)28)9-10-23-16-8-4-3-7-15(16)19(26)22-21(23)29/h1-8,17H,9-12H2,(H,27,28)(H,22,26,29). The second-order valence-electron chi connectivity index (χ2n) is 7.03. The van der Waals surface area contributed by atoms with Crippen LogP contribution in [0, 0.1) is 0 Å². The maximum atomic E-state index is 12.9. The highest BCUT2D eigenvalue weighted by Crippen LogP contribution is 2.24. The van der Waals surface area contributed by atoms with Crippen LogP contribution in [0.25, 0.3) is 10.9 Å². The fourth-order valence-electron chi connectivity index (χ4n) is 3.82. The summed E-state index contributed by atoms with van der Waals surface area (Å²) >= 11 is 0. The second-order valence-corrected chi connectivity index (χ2v) is 7.03. The molecule has 2 aromatic carbocycles. The summed E-state index contributed by atoms with van der Waals surface area (Å²) in [7, 11) is 0. The van der Waals surface area contributed by atoms with E-state index >= 15 is 0 Å². The predicted octanol–water partition coefficient (Wildman–Crippen LogP) is 1.12. The second kappa shape index (κ2) is 7.38. The molecule has 2 N–H and O–H groups in total. The maximum Gasteiger partial charge on any atom is 0.328 e. The van der Waals surface area contributed by atoms with Crippen LogP contribution in [0.2, 0.25) is 0 Å². The van der Waals surface area contributed by atoms with Gasteiger partial charge >= 0.3 is 11.7 Å². The third-order valence-corrected chi connectivity index (χ3v) is 5.31. The molecule has 0 radical (unpaired) electrons. The van der Waals surface area contributed by atoms with Crippen LogP contribution in [0.15, 0.2) is 58.1 Å². The van der Waals surface area contributed by atoms with Gasteiger partial charge in [-0.25, -0.2) is 9.59 Å². The first-order chi connectivity index (χ1) is 14.0. The van der Waals surface area contributed by atoms with Crippen LogP contribution in [0.4, 0.5) is 0 Å². The fourth-order valence-corrected chi connectivity index (χ4v) is 3.82. The number of benzene rings is 2. The van der Waals surface area contributed by atoms with Gasteiger partial charge in [0.05, 0.1) is 10.9 Å². The van der Waals surface area contributed by atoms with Crippen molar-refractivity contribution in [2.24, 2.45) is 0 Å². The van der Waals surface area contributed by atoms with Crippen LogP contribution in [-0.2, 0) is 29.1 Å². The molecule has 1 aliphatic rings. The molecule has 1 aliphatic heterocycles. The number of amides is 1. The molecule has 0 spiro atoms. The minimum Gasteiger partial charge on any atom is -0.480 e. The van der Waals surface area contributed by atoms with Gasteiger partial charge in [-0.3, -0.25) is 19.1 Å². The molecule has 8 heteroatoms. The van der Waals surface area contributed by atoms with Crippen molar-refractivity contribution >= 4 is 22.8 Å². The molecule has 1 aromatic heterocycles. The van der Waals surface area contributed by atoms with Gasteiger partial charge in [0.15, 0.2) is 0 Å². The third kappa shape index (κ3) is 3.44. The van der Waals surface area contributed by atoms with E-state index in [0.29, 0.717) is 10.9 Å². The maximum absolute atomic E-state index is 12.9. The number of aromatic amines is 1. The van der Waals surface area contributed by atoms with Crippen LogP contribution < -0.4 is 11.2 Å². The number of para-hydroxylation sites is 1. The molecular weight excluding hydrogens is 374 g/mol. The smallest absolute Gasteiger partial charge is 0.328 e. The molecule has 0 bridgehead atoms. The summed E-state index contributed by atoms with van der Waals surface area (Å²) in [5, 5.41) is 9.95. The molecule has 2 heterocycles. The first-order valence-electron chi connectivity index (χ1n) is 9.26. The monoisotopic (exact) mass is 393 g/mol. The van der Waals surface area contributed by atoms with Gasteiger partial charge < -0.3 is 10.0 Å². The average molecular weight is 393 g/mol. The SMILES string of the molecule is O=C(O)C1Cc2ccccc2CN1C(=O)CCn1c(=O)[nH]c(=O)c2ccccc21. The number of fused-ring (bicyclic) bond motifs is 2. The van der Waals surface area contributed by atoms with Crippen LogP contribution >= 0.6 is 0 Å². The molecule has 4 rings (SSSR count). The van der Waals surface area contributed by atoms with E-state index in [-0.39, 0.29) is 31.8 Å². The van der Waals surface area contributed by atoms with Gasteiger partial charge in [0, 0.05) is 25.9 Å². The topological polar surface area (TPSA) is 112 Å². The Morgan fingerprint density at radius 2 is 1.72 bits per heavy atom. The van der Waals surface area contributed by atoms with Crippen molar-refractivity contribution in [2.45, 2.75) is 32.0 Å². The Kier molecular flexibility index (Phi) is 4.75. The minimum atomic E-state index is -1.06. The normalized spacial score (nSPS) is 15.9. The average Bonchev–Trinajstić information content (AvgIpc) is 2.72. The van der Waals surface area contributed by atoms with E-state index in [2.05, 4.69) is 4.98 Å². The first kappa shape index (κ1) is 18.7. The highest BCUT2D eigenvalue weighted by molar-refractivity contribution is 5.85. The van der Waals surface area contributed by atoms with E-state index in [1.54, 1.807) is 24.3 Å². The third-order valence-electron chi connectivity index (χ3n) is 5.31. The summed E-state index contributed by atoms with van der Waals surface area (Å²) in [4.78, 5) is 52.5. The largest absolute Gasteiger partial charge is 0.480 e.